The van der Waals surface area contributed by atoms with Crippen LogP contribution >= 0.6 is 35.4 Å². The molecule has 5 nitrogen and oxygen atoms in total. The van der Waals surface area contributed by atoms with E-state index in [1.165, 1.54) is 0 Å². The van der Waals surface area contributed by atoms with Gasteiger partial charge in [-0.05, 0) is 61.6 Å². The number of anilines is 1. The number of nitrogens with one attached hydrogen (secondary N) is 3. The van der Waals surface area contributed by atoms with Crippen LogP contribution in [0.25, 0.3) is 11.3 Å². The summed E-state index contributed by atoms with van der Waals surface area (Å²) in [6, 6.07) is 15.9. The van der Waals surface area contributed by atoms with Gasteiger partial charge in [0.1, 0.15) is 5.76 Å². The van der Waals surface area contributed by atoms with Gasteiger partial charge in [-0.15, -0.1) is 0 Å². The van der Waals surface area contributed by atoms with E-state index in [0.717, 1.165) is 11.3 Å². The van der Waals surface area contributed by atoms with Crippen LogP contribution < -0.4 is 16.2 Å². The van der Waals surface area contributed by atoms with Crippen molar-refractivity contribution in [2.75, 3.05) is 5.32 Å². The minimum absolute atomic E-state index is 0.113. The van der Waals surface area contributed by atoms with Crippen LogP contribution in [0.2, 0.25) is 10.0 Å². The molecular formula is C19H15Cl2N3O2S. The highest BCUT2D eigenvalue weighted by Crippen LogP contribution is 2.31. The number of rotatable bonds is 3. The molecule has 0 atom stereocenters. The number of hydrogen-bond donors (Lipinski definition) is 3. The third-order valence-electron chi connectivity index (χ3n) is 3.63. The molecule has 0 saturated heterocycles. The van der Waals surface area contributed by atoms with Gasteiger partial charge in [0.2, 0.25) is 0 Å². The second-order valence-electron chi connectivity index (χ2n) is 5.69. The number of aryl methyl sites for hydroxylation is 1. The van der Waals surface area contributed by atoms with E-state index in [4.69, 9.17) is 39.8 Å². The fourth-order valence-corrected chi connectivity index (χ4v) is 2.94. The standard InChI is InChI=1S/C19H15Cl2N3O2S/c1-11-2-5-13(6-3-11)22-19(27)24-23-18(25)17-9-8-16(26-17)14-7-4-12(20)10-15(14)21/h2-10H,1H3,(H,23,25)(H2,22,24,27). The normalized spacial score (nSPS) is 10.3. The van der Waals surface area contributed by atoms with Crippen LogP contribution in [0, 0.1) is 6.92 Å². The van der Waals surface area contributed by atoms with Crippen molar-refractivity contribution in [1.29, 1.82) is 0 Å². The van der Waals surface area contributed by atoms with Crippen molar-refractivity contribution in [3.63, 3.8) is 0 Å². The second-order valence-corrected chi connectivity index (χ2v) is 6.94. The highest BCUT2D eigenvalue weighted by molar-refractivity contribution is 7.80. The number of amides is 1. The minimum Gasteiger partial charge on any atom is -0.451 e. The molecule has 2 aromatic carbocycles. The van der Waals surface area contributed by atoms with Gasteiger partial charge in [0.15, 0.2) is 10.9 Å². The highest BCUT2D eigenvalue weighted by Gasteiger charge is 2.14. The molecule has 0 aliphatic rings. The predicted octanol–water partition coefficient (Wildman–Crippen LogP) is 5.19. The molecule has 3 rings (SSSR count). The van der Waals surface area contributed by atoms with E-state index in [0.29, 0.717) is 21.4 Å². The monoisotopic (exact) mass is 419 g/mol. The lowest BCUT2D eigenvalue weighted by Gasteiger charge is -2.11. The first-order chi connectivity index (χ1) is 12.9. The Morgan fingerprint density at radius 2 is 1.74 bits per heavy atom. The fourth-order valence-electron chi connectivity index (χ4n) is 2.27. The first kappa shape index (κ1) is 19.2. The van der Waals surface area contributed by atoms with Gasteiger partial charge >= 0.3 is 5.91 Å². The molecule has 1 aromatic heterocycles. The molecule has 0 unspecified atom stereocenters. The fraction of sp³-hybridized carbons (Fsp3) is 0.0526. The summed E-state index contributed by atoms with van der Waals surface area (Å²) in [5.41, 5.74) is 7.70. The number of thiocarbonyl (C=S) groups is 1. The molecule has 0 saturated carbocycles. The van der Waals surface area contributed by atoms with Gasteiger partial charge < -0.3 is 9.73 Å². The largest absolute Gasteiger partial charge is 0.451 e. The molecule has 138 valence electrons. The van der Waals surface area contributed by atoms with Gasteiger partial charge in [0.25, 0.3) is 0 Å². The number of carbonyl (C=O) groups excluding carboxylic acids is 1. The van der Waals surface area contributed by atoms with E-state index in [2.05, 4.69) is 16.2 Å². The zero-order valence-electron chi connectivity index (χ0n) is 14.2. The molecule has 1 amide bonds. The number of furan rings is 1. The van der Waals surface area contributed by atoms with E-state index in [1.54, 1.807) is 30.3 Å². The molecular weight excluding hydrogens is 405 g/mol. The van der Waals surface area contributed by atoms with Gasteiger partial charge in [0, 0.05) is 16.3 Å². The summed E-state index contributed by atoms with van der Waals surface area (Å²) in [5, 5.41) is 4.17. The van der Waals surface area contributed by atoms with Crippen molar-refractivity contribution in [3.05, 3.63) is 76.0 Å². The van der Waals surface area contributed by atoms with E-state index < -0.39 is 5.91 Å². The van der Waals surface area contributed by atoms with E-state index in [9.17, 15) is 4.79 Å². The minimum atomic E-state index is -0.473. The van der Waals surface area contributed by atoms with Crippen LogP contribution in [0.5, 0.6) is 0 Å². The van der Waals surface area contributed by atoms with Crippen LogP contribution in [0.1, 0.15) is 16.1 Å². The van der Waals surface area contributed by atoms with E-state index in [-0.39, 0.29) is 10.9 Å². The van der Waals surface area contributed by atoms with Crippen molar-refractivity contribution in [3.8, 4) is 11.3 Å². The number of hydrazine groups is 1. The number of hydrogen-bond acceptors (Lipinski definition) is 3. The van der Waals surface area contributed by atoms with Gasteiger partial charge in [0.05, 0.1) is 5.02 Å². The molecule has 1 heterocycles. The van der Waals surface area contributed by atoms with Crippen LogP contribution in [-0.2, 0) is 0 Å². The molecule has 0 aliphatic heterocycles. The maximum atomic E-state index is 12.2. The Bertz CT molecular complexity index is 987. The molecule has 0 radical (unpaired) electrons. The predicted molar refractivity (Wildman–Crippen MR) is 112 cm³/mol. The van der Waals surface area contributed by atoms with Crippen molar-refractivity contribution in [2.24, 2.45) is 0 Å². The first-order valence-electron chi connectivity index (χ1n) is 7.91. The molecule has 0 aliphatic carbocycles. The summed E-state index contributed by atoms with van der Waals surface area (Å²) in [7, 11) is 0. The Balaban J connectivity index is 1.59. The SMILES string of the molecule is Cc1ccc(NC(=S)NNC(=O)c2ccc(-c3ccc(Cl)cc3Cl)o2)cc1. The third-order valence-corrected chi connectivity index (χ3v) is 4.38. The molecule has 0 spiro atoms. The molecule has 8 heteroatoms. The maximum absolute atomic E-state index is 12.2. The quantitative estimate of drug-likeness (QED) is 0.402. The molecule has 0 bridgehead atoms. The lowest BCUT2D eigenvalue weighted by atomic mass is 10.2. The number of benzene rings is 2. The zero-order chi connectivity index (χ0) is 19.4. The van der Waals surface area contributed by atoms with Crippen LogP contribution in [-0.4, -0.2) is 11.0 Å². The molecule has 27 heavy (non-hydrogen) atoms. The summed E-state index contributed by atoms with van der Waals surface area (Å²) in [6.07, 6.45) is 0. The van der Waals surface area contributed by atoms with Crippen molar-refractivity contribution >= 4 is 52.1 Å². The lowest BCUT2D eigenvalue weighted by molar-refractivity contribution is 0.0917. The maximum Gasteiger partial charge on any atom is 0.305 e. The van der Waals surface area contributed by atoms with Crippen LogP contribution in [0.15, 0.2) is 59.0 Å². The van der Waals surface area contributed by atoms with Gasteiger partial charge in [-0.3, -0.25) is 15.6 Å². The Kier molecular flexibility index (Phi) is 6.01. The molecule has 3 N–H and O–H groups in total. The average molecular weight is 420 g/mol. The summed E-state index contributed by atoms with van der Waals surface area (Å²) < 4.78 is 5.57. The smallest absolute Gasteiger partial charge is 0.305 e. The Hall–Kier alpha value is -2.54. The number of halogens is 2. The van der Waals surface area contributed by atoms with E-state index >= 15 is 0 Å². The van der Waals surface area contributed by atoms with Crippen molar-refractivity contribution in [2.45, 2.75) is 6.92 Å². The van der Waals surface area contributed by atoms with Crippen molar-refractivity contribution < 1.29 is 9.21 Å². The first-order valence-corrected chi connectivity index (χ1v) is 9.08. The Morgan fingerprint density at radius 3 is 2.44 bits per heavy atom. The Morgan fingerprint density at radius 1 is 1.00 bits per heavy atom. The highest BCUT2D eigenvalue weighted by atomic mass is 35.5. The summed E-state index contributed by atoms with van der Waals surface area (Å²) in [5.74, 6) is 0.100. The van der Waals surface area contributed by atoms with Gasteiger partial charge in [-0.25, -0.2) is 0 Å². The molecule has 3 aromatic rings. The summed E-state index contributed by atoms with van der Waals surface area (Å²) >= 11 is 17.2. The van der Waals surface area contributed by atoms with Crippen LogP contribution in [0.4, 0.5) is 5.69 Å². The summed E-state index contributed by atoms with van der Waals surface area (Å²) in [4.78, 5) is 12.2. The zero-order valence-corrected chi connectivity index (χ0v) is 16.5. The molecule has 0 fully saturated rings. The van der Waals surface area contributed by atoms with Crippen LogP contribution in [0.3, 0.4) is 0 Å². The van der Waals surface area contributed by atoms with E-state index in [1.807, 2.05) is 31.2 Å². The second kappa shape index (κ2) is 8.43. The average Bonchev–Trinajstić information content (AvgIpc) is 3.11. The topological polar surface area (TPSA) is 66.3 Å². The van der Waals surface area contributed by atoms with Gasteiger partial charge in [-0.1, -0.05) is 40.9 Å². The third kappa shape index (κ3) is 5.01. The Labute approximate surface area is 171 Å². The number of carbonyl (C=O) groups is 1. The van der Waals surface area contributed by atoms with Gasteiger partial charge in [-0.2, -0.15) is 0 Å². The lowest BCUT2D eigenvalue weighted by Crippen LogP contribution is -2.43. The van der Waals surface area contributed by atoms with Crippen molar-refractivity contribution in [1.82, 2.24) is 10.9 Å². The summed E-state index contributed by atoms with van der Waals surface area (Å²) in [6.45, 7) is 2.00.